The first kappa shape index (κ1) is 8.50. The number of carbonyl (C=O) groups is 1. The Morgan fingerprint density at radius 1 is 1.46 bits per heavy atom. The lowest BCUT2D eigenvalue weighted by atomic mass is 10.1. The number of rotatable bonds is 0. The van der Waals surface area contributed by atoms with Crippen LogP contribution in [0.3, 0.4) is 0 Å². The fourth-order valence-electron chi connectivity index (χ4n) is 1.24. The molecule has 0 aliphatic carbocycles. The van der Waals surface area contributed by atoms with Crippen molar-refractivity contribution in [3.05, 3.63) is 28.0 Å². The molecule has 1 aromatic rings. The highest BCUT2D eigenvalue weighted by molar-refractivity contribution is 9.10. The molecule has 0 bridgehead atoms. The van der Waals surface area contributed by atoms with Gasteiger partial charge in [-0.25, -0.2) is 9.18 Å². The van der Waals surface area contributed by atoms with Crippen molar-refractivity contribution in [3.8, 4) is 0 Å². The Kier molecular flexibility index (Phi) is 1.95. The van der Waals surface area contributed by atoms with Gasteiger partial charge in [0.2, 0.25) is 0 Å². The molecule has 1 aliphatic heterocycles. The Balaban J connectivity index is 2.53. The first-order valence-electron chi connectivity index (χ1n) is 3.69. The molecule has 1 aromatic carbocycles. The highest BCUT2D eigenvalue weighted by atomic mass is 79.9. The Bertz CT molecular complexity index is 381. The summed E-state index contributed by atoms with van der Waals surface area (Å²) in [6, 6.07) is 2.73. The normalized spacial score (nSPS) is 14.5. The van der Waals surface area contributed by atoms with Crippen LogP contribution in [0.2, 0.25) is 0 Å². The van der Waals surface area contributed by atoms with Crippen LogP contribution in [-0.4, -0.2) is 6.03 Å². The Morgan fingerprint density at radius 2 is 2.23 bits per heavy atom. The van der Waals surface area contributed by atoms with Crippen LogP contribution in [0.1, 0.15) is 5.56 Å². The van der Waals surface area contributed by atoms with Crippen LogP contribution in [0.5, 0.6) is 0 Å². The minimum atomic E-state index is -0.417. The van der Waals surface area contributed by atoms with Gasteiger partial charge >= 0.3 is 6.03 Å². The molecule has 0 radical (unpaired) electrons. The Hall–Kier alpha value is -1.10. The second-order valence-corrected chi connectivity index (χ2v) is 3.65. The lowest BCUT2D eigenvalue weighted by Gasteiger charge is -2.18. The van der Waals surface area contributed by atoms with Crippen LogP contribution >= 0.6 is 15.9 Å². The average molecular weight is 245 g/mol. The number of halogens is 2. The number of carbonyl (C=O) groups excluding carboxylic acids is 1. The second kappa shape index (κ2) is 2.99. The zero-order valence-corrected chi connectivity index (χ0v) is 8.11. The Labute approximate surface area is 82.4 Å². The summed E-state index contributed by atoms with van der Waals surface area (Å²) in [6.45, 7) is 0.359. The lowest BCUT2D eigenvalue weighted by molar-refractivity contribution is 0.250. The molecule has 0 saturated carbocycles. The fraction of sp³-hybridized carbons (Fsp3) is 0.125. The molecular formula is C8H6BrFN2O. The van der Waals surface area contributed by atoms with Gasteiger partial charge in [0.1, 0.15) is 5.82 Å². The largest absolute Gasteiger partial charge is 0.334 e. The summed E-state index contributed by atoms with van der Waals surface area (Å²) in [7, 11) is 0. The third-order valence-electron chi connectivity index (χ3n) is 1.81. The number of nitrogens with one attached hydrogen (secondary N) is 2. The molecule has 13 heavy (non-hydrogen) atoms. The van der Waals surface area contributed by atoms with Crippen LogP contribution in [-0.2, 0) is 6.54 Å². The summed E-state index contributed by atoms with van der Waals surface area (Å²) >= 11 is 3.18. The maximum absolute atomic E-state index is 13.2. The number of urea groups is 1. The summed E-state index contributed by atoms with van der Waals surface area (Å²) in [6.07, 6.45) is 0. The van der Waals surface area contributed by atoms with Gasteiger partial charge in [0.15, 0.2) is 0 Å². The van der Waals surface area contributed by atoms with Gasteiger partial charge in [-0.05, 0) is 17.7 Å². The molecule has 0 spiro atoms. The maximum Gasteiger partial charge on any atom is 0.319 e. The van der Waals surface area contributed by atoms with E-state index in [4.69, 9.17) is 0 Å². The van der Waals surface area contributed by atoms with Gasteiger partial charge in [0.25, 0.3) is 0 Å². The third kappa shape index (κ3) is 1.51. The van der Waals surface area contributed by atoms with E-state index in [1.54, 1.807) is 6.07 Å². The molecule has 2 rings (SSSR count). The summed E-state index contributed by atoms with van der Waals surface area (Å²) in [5.74, 6) is -0.417. The summed E-state index contributed by atoms with van der Waals surface area (Å²) in [5.41, 5.74) is 1.01. The molecule has 2 N–H and O–H groups in total. The molecule has 0 saturated heterocycles. The van der Waals surface area contributed by atoms with Crippen molar-refractivity contribution < 1.29 is 9.18 Å². The predicted molar refractivity (Wildman–Crippen MR) is 50.0 cm³/mol. The topological polar surface area (TPSA) is 41.1 Å². The monoisotopic (exact) mass is 244 g/mol. The molecule has 0 aromatic heterocycles. The number of hydrogen-bond donors (Lipinski definition) is 2. The minimum Gasteiger partial charge on any atom is -0.334 e. The first-order valence-corrected chi connectivity index (χ1v) is 4.49. The van der Waals surface area contributed by atoms with E-state index in [9.17, 15) is 9.18 Å². The van der Waals surface area contributed by atoms with Crippen LogP contribution in [0.4, 0.5) is 14.9 Å². The van der Waals surface area contributed by atoms with Crippen molar-refractivity contribution in [2.75, 3.05) is 5.32 Å². The summed E-state index contributed by atoms with van der Waals surface area (Å²) in [4.78, 5) is 10.9. The molecule has 2 amide bonds. The molecule has 68 valence electrons. The second-order valence-electron chi connectivity index (χ2n) is 2.73. The van der Waals surface area contributed by atoms with E-state index in [2.05, 4.69) is 26.6 Å². The van der Waals surface area contributed by atoms with Gasteiger partial charge < -0.3 is 10.6 Å². The highest BCUT2D eigenvalue weighted by Crippen LogP contribution is 2.26. The van der Waals surface area contributed by atoms with Gasteiger partial charge in [-0.3, -0.25) is 0 Å². The van der Waals surface area contributed by atoms with Gasteiger partial charge in [0, 0.05) is 11.0 Å². The zero-order valence-electron chi connectivity index (χ0n) is 6.53. The molecule has 3 nitrogen and oxygen atoms in total. The van der Waals surface area contributed by atoms with Crippen molar-refractivity contribution >= 4 is 27.6 Å². The van der Waals surface area contributed by atoms with Crippen LogP contribution in [0.15, 0.2) is 16.6 Å². The van der Waals surface area contributed by atoms with E-state index >= 15 is 0 Å². The van der Waals surface area contributed by atoms with Crippen molar-refractivity contribution in [2.45, 2.75) is 6.54 Å². The quantitative estimate of drug-likeness (QED) is 0.722. The fourth-order valence-corrected chi connectivity index (χ4v) is 1.72. The van der Waals surface area contributed by atoms with Crippen LogP contribution in [0, 0.1) is 5.82 Å². The zero-order chi connectivity index (χ0) is 9.42. The van der Waals surface area contributed by atoms with Gasteiger partial charge in [-0.1, -0.05) is 15.9 Å². The summed E-state index contributed by atoms with van der Waals surface area (Å²) in [5, 5.41) is 4.96. The molecular weight excluding hydrogens is 239 g/mol. The van der Waals surface area contributed by atoms with Gasteiger partial charge in [0.05, 0.1) is 5.69 Å². The molecule has 0 fully saturated rings. The van der Waals surface area contributed by atoms with Crippen molar-refractivity contribution in [1.82, 2.24) is 5.32 Å². The number of benzene rings is 1. The van der Waals surface area contributed by atoms with E-state index in [1.165, 1.54) is 6.07 Å². The molecule has 5 heteroatoms. The minimum absolute atomic E-state index is 0.270. The van der Waals surface area contributed by atoms with Crippen LogP contribution in [0.25, 0.3) is 0 Å². The Morgan fingerprint density at radius 3 is 3.00 bits per heavy atom. The van der Waals surface area contributed by atoms with E-state index in [-0.39, 0.29) is 11.7 Å². The van der Waals surface area contributed by atoms with Crippen LogP contribution < -0.4 is 10.6 Å². The smallest absolute Gasteiger partial charge is 0.319 e. The summed E-state index contributed by atoms with van der Waals surface area (Å²) < 4.78 is 13.9. The number of anilines is 1. The van der Waals surface area contributed by atoms with Gasteiger partial charge in [-0.15, -0.1) is 0 Å². The SMILES string of the molecule is O=C1NCc2cc(Br)cc(F)c2N1. The van der Waals surface area contributed by atoms with E-state index in [1.807, 2.05) is 0 Å². The van der Waals surface area contributed by atoms with Crippen molar-refractivity contribution in [3.63, 3.8) is 0 Å². The highest BCUT2D eigenvalue weighted by Gasteiger charge is 2.17. The van der Waals surface area contributed by atoms with Crippen molar-refractivity contribution in [1.29, 1.82) is 0 Å². The molecule has 0 unspecified atom stereocenters. The van der Waals surface area contributed by atoms with Crippen molar-refractivity contribution in [2.24, 2.45) is 0 Å². The number of amides is 2. The van der Waals surface area contributed by atoms with E-state index < -0.39 is 5.82 Å². The third-order valence-corrected chi connectivity index (χ3v) is 2.27. The van der Waals surface area contributed by atoms with E-state index in [0.29, 0.717) is 11.0 Å². The van der Waals surface area contributed by atoms with Gasteiger partial charge in [-0.2, -0.15) is 0 Å². The predicted octanol–water partition coefficient (Wildman–Crippen LogP) is 2.22. The molecule has 1 aliphatic rings. The maximum atomic E-state index is 13.2. The number of fused-ring (bicyclic) bond motifs is 1. The lowest BCUT2D eigenvalue weighted by Crippen LogP contribution is -2.33. The standard InChI is InChI=1S/C8H6BrFN2O/c9-5-1-4-3-11-8(13)12-7(4)6(10)2-5/h1-2H,3H2,(H2,11,12,13). The number of hydrogen-bond acceptors (Lipinski definition) is 1. The average Bonchev–Trinajstić information content (AvgIpc) is 2.06. The molecule has 0 atom stereocenters. The van der Waals surface area contributed by atoms with E-state index in [0.717, 1.165) is 5.56 Å². The molecule has 1 heterocycles. The first-order chi connectivity index (χ1) is 6.16.